The van der Waals surface area contributed by atoms with Gasteiger partial charge in [0, 0.05) is 37.6 Å². The smallest absolute Gasteiger partial charge is 0.0897 e. The zero-order valence-electron chi connectivity index (χ0n) is 12.7. The Morgan fingerprint density at radius 3 is 2.45 bits per heavy atom. The quantitative estimate of drug-likeness (QED) is 0.883. The van der Waals surface area contributed by atoms with Gasteiger partial charge in [0.05, 0.1) is 10.7 Å². The number of nitrogens with one attached hydrogen (secondary N) is 1. The summed E-state index contributed by atoms with van der Waals surface area (Å²) in [4.78, 5) is 6.70. The van der Waals surface area contributed by atoms with E-state index in [1.54, 1.807) is 11.3 Å². The Morgan fingerprint density at radius 2 is 1.95 bits per heavy atom. The molecule has 4 heteroatoms. The van der Waals surface area contributed by atoms with Crippen LogP contribution in [0.5, 0.6) is 0 Å². The van der Waals surface area contributed by atoms with E-state index in [-0.39, 0.29) is 0 Å². The summed E-state index contributed by atoms with van der Waals surface area (Å²) in [5.74, 6) is 0. The summed E-state index contributed by atoms with van der Waals surface area (Å²) in [6.45, 7) is 5.17. The number of nitrogens with zero attached hydrogens (tertiary/aromatic N) is 2. The number of likely N-dealkylation sites (N-methyl/N-ethyl adjacent to an activating group) is 1. The molecule has 0 amide bonds. The van der Waals surface area contributed by atoms with Gasteiger partial charge in [-0.3, -0.25) is 0 Å². The fourth-order valence-electron chi connectivity index (χ4n) is 2.27. The lowest BCUT2D eigenvalue weighted by atomic mass is 10.0. The first kappa shape index (κ1) is 15.0. The molecule has 1 aromatic carbocycles. The minimum Gasteiger partial charge on any atom is -0.378 e. The van der Waals surface area contributed by atoms with E-state index in [1.807, 2.05) is 0 Å². The minimum absolute atomic E-state index is 0.331. The fraction of sp³-hybridized carbons (Fsp3) is 0.438. The van der Waals surface area contributed by atoms with Crippen LogP contribution in [0.2, 0.25) is 0 Å². The number of anilines is 1. The lowest BCUT2D eigenvalue weighted by molar-refractivity contribution is 0.545. The Balaban J connectivity index is 2.15. The molecule has 1 unspecified atom stereocenters. The predicted octanol–water partition coefficient (Wildman–Crippen LogP) is 3.41. The van der Waals surface area contributed by atoms with Crippen molar-refractivity contribution < 1.29 is 0 Å². The second kappa shape index (κ2) is 6.86. The van der Waals surface area contributed by atoms with E-state index < -0.39 is 0 Å². The van der Waals surface area contributed by atoms with Crippen LogP contribution in [0, 0.1) is 6.92 Å². The monoisotopic (exact) mass is 289 g/mol. The average Bonchev–Trinajstić information content (AvgIpc) is 2.84. The second-order valence-electron chi connectivity index (χ2n) is 5.16. The van der Waals surface area contributed by atoms with Gasteiger partial charge in [0.1, 0.15) is 0 Å². The van der Waals surface area contributed by atoms with Gasteiger partial charge >= 0.3 is 0 Å². The van der Waals surface area contributed by atoms with E-state index in [9.17, 15) is 0 Å². The Hall–Kier alpha value is -1.39. The van der Waals surface area contributed by atoms with E-state index in [0.717, 1.165) is 18.0 Å². The average molecular weight is 289 g/mol. The summed E-state index contributed by atoms with van der Waals surface area (Å²) in [7, 11) is 4.13. The molecule has 1 heterocycles. The second-order valence-corrected chi connectivity index (χ2v) is 6.22. The van der Waals surface area contributed by atoms with Gasteiger partial charge in [-0.15, -0.1) is 11.3 Å². The van der Waals surface area contributed by atoms with Crippen LogP contribution in [-0.4, -0.2) is 25.6 Å². The number of hydrogen-bond acceptors (Lipinski definition) is 4. The maximum atomic E-state index is 4.57. The summed E-state index contributed by atoms with van der Waals surface area (Å²) < 4.78 is 0. The highest BCUT2D eigenvalue weighted by molar-refractivity contribution is 7.09. The van der Waals surface area contributed by atoms with Crippen LogP contribution in [-0.2, 0) is 6.42 Å². The Morgan fingerprint density at radius 1 is 1.25 bits per heavy atom. The van der Waals surface area contributed by atoms with E-state index >= 15 is 0 Å². The summed E-state index contributed by atoms with van der Waals surface area (Å²) >= 11 is 1.72. The molecule has 1 atom stereocenters. The van der Waals surface area contributed by atoms with Crippen molar-refractivity contribution in [1.82, 2.24) is 10.3 Å². The Kier molecular flexibility index (Phi) is 5.15. The van der Waals surface area contributed by atoms with Crippen LogP contribution in [0.1, 0.15) is 29.2 Å². The number of aryl methyl sites for hydroxylation is 1. The molecule has 0 saturated heterocycles. The topological polar surface area (TPSA) is 28.2 Å². The molecule has 0 aliphatic rings. The molecule has 1 N–H and O–H groups in total. The Bertz CT molecular complexity index is 531. The number of benzene rings is 1. The maximum absolute atomic E-state index is 4.57. The third-order valence-corrected chi connectivity index (χ3v) is 4.16. The summed E-state index contributed by atoms with van der Waals surface area (Å²) in [6.07, 6.45) is 0.944. The van der Waals surface area contributed by atoms with E-state index in [1.165, 1.54) is 16.9 Å². The molecule has 3 nitrogen and oxygen atoms in total. The lowest BCUT2D eigenvalue weighted by Crippen LogP contribution is -2.23. The largest absolute Gasteiger partial charge is 0.378 e. The van der Waals surface area contributed by atoms with Gasteiger partial charge in [-0.1, -0.05) is 19.1 Å². The minimum atomic E-state index is 0.331. The molecule has 108 valence electrons. The molecular weight excluding hydrogens is 266 g/mol. The highest BCUT2D eigenvalue weighted by Crippen LogP contribution is 2.22. The normalized spacial score (nSPS) is 12.4. The third kappa shape index (κ3) is 3.81. The van der Waals surface area contributed by atoms with Crippen molar-refractivity contribution in [1.29, 1.82) is 0 Å². The van der Waals surface area contributed by atoms with Crippen LogP contribution in [0.3, 0.4) is 0 Å². The van der Waals surface area contributed by atoms with Crippen molar-refractivity contribution in [2.45, 2.75) is 26.3 Å². The highest BCUT2D eigenvalue weighted by atomic mass is 32.1. The molecule has 2 aromatic rings. The molecule has 2 rings (SSSR count). The number of rotatable bonds is 6. The maximum Gasteiger partial charge on any atom is 0.0897 e. The summed E-state index contributed by atoms with van der Waals surface area (Å²) in [5, 5.41) is 6.85. The van der Waals surface area contributed by atoms with Crippen LogP contribution in [0.4, 0.5) is 5.69 Å². The SMILES string of the molecule is CCNC(Cc1csc(C)n1)c1ccc(N(C)C)cc1. The zero-order valence-corrected chi connectivity index (χ0v) is 13.5. The van der Waals surface area contributed by atoms with Gasteiger partial charge in [0.15, 0.2) is 0 Å². The molecule has 0 aliphatic carbocycles. The van der Waals surface area contributed by atoms with Crippen LogP contribution < -0.4 is 10.2 Å². The number of hydrogen-bond donors (Lipinski definition) is 1. The van der Waals surface area contributed by atoms with E-state index in [2.05, 4.69) is 72.8 Å². The van der Waals surface area contributed by atoms with Crippen molar-refractivity contribution in [3.05, 3.63) is 45.9 Å². The molecule has 20 heavy (non-hydrogen) atoms. The van der Waals surface area contributed by atoms with Crippen molar-refractivity contribution in [3.8, 4) is 0 Å². The number of aromatic nitrogens is 1. The van der Waals surface area contributed by atoms with Crippen molar-refractivity contribution in [2.24, 2.45) is 0 Å². The van der Waals surface area contributed by atoms with Gasteiger partial charge in [0.25, 0.3) is 0 Å². The highest BCUT2D eigenvalue weighted by Gasteiger charge is 2.13. The van der Waals surface area contributed by atoms with Crippen molar-refractivity contribution >= 4 is 17.0 Å². The van der Waals surface area contributed by atoms with Gasteiger partial charge in [-0.2, -0.15) is 0 Å². The summed E-state index contributed by atoms with van der Waals surface area (Å²) in [5.41, 5.74) is 3.73. The molecule has 0 bridgehead atoms. The van der Waals surface area contributed by atoms with Gasteiger partial charge in [0.2, 0.25) is 0 Å². The predicted molar refractivity (Wildman–Crippen MR) is 87.7 cm³/mol. The zero-order chi connectivity index (χ0) is 14.5. The molecular formula is C16H23N3S. The third-order valence-electron chi connectivity index (χ3n) is 3.34. The molecule has 0 radical (unpaired) electrons. The first-order valence-corrected chi connectivity index (χ1v) is 7.89. The van der Waals surface area contributed by atoms with Crippen molar-refractivity contribution in [2.75, 3.05) is 25.5 Å². The van der Waals surface area contributed by atoms with Crippen LogP contribution in [0.25, 0.3) is 0 Å². The number of thiazole rings is 1. The van der Waals surface area contributed by atoms with Gasteiger partial charge in [-0.25, -0.2) is 4.98 Å². The van der Waals surface area contributed by atoms with Crippen LogP contribution >= 0.6 is 11.3 Å². The first-order chi connectivity index (χ1) is 9.60. The molecule has 0 saturated carbocycles. The standard InChI is InChI=1S/C16H23N3S/c1-5-17-16(10-14-11-20-12(2)18-14)13-6-8-15(9-7-13)19(3)4/h6-9,11,16-17H,5,10H2,1-4H3. The lowest BCUT2D eigenvalue weighted by Gasteiger charge is -2.19. The van der Waals surface area contributed by atoms with E-state index in [0.29, 0.717) is 6.04 Å². The van der Waals surface area contributed by atoms with E-state index in [4.69, 9.17) is 0 Å². The summed E-state index contributed by atoms with van der Waals surface area (Å²) in [6, 6.07) is 9.10. The van der Waals surface area contributed by atoms with Crippen molar-refractivity contribution in [3.63, 3.8) is 0 Å². The first-order valence-electron chi connectivity index (χ1n) is 7.01. The van der Waals surface area contributed by atoms with Gasteiger partial charge < -0.3 is 10.2 Å². The Labute approximate surface area is 125 Å². The molecule has 0 spiro atoms. The van der Waals surface area contributed by atoms with Gasteiger partial charge in [-0.05, 0) is 31.2 Å². The van der Waals surface area contributed by atoms with Crippen LogP contribution in [0.15, 0.2) is 29.6 Å². The molecule has 1 aromatic heterocycles. The molecule has 0 aliphatic heterocycles. The molecule has 0 fully saturated rings. The fourth-order valence-corrected chi connectivity index (χ4v) is 2.90.